The Morgan fingerprint density at radius 3 is 2.56 bits per heavy atom. The Balaban J connectivity index is 2.34. The molecule has 5 heteroatoms. The van der Waals surface area contributed by atoms with E-state index in [1.807, 2.05) is 39.1 Å². The Bertz CT molecular complexity index is 575. The third-order valence-corrected chi connectivity index (χ3v) is 2.96. The van der Waals surface area contributed by atoms with Gasteiger partial charge in [0.2, 0.25) is 0 Å². The van der Waals surface area contributed by atoms with E-state index in [0.29, 0.717) is 5.69 Å². The molecule has 1 aromatic carbocycles. The van der Waals surface area contributed by atoms with Gasteiger partial charge in [-0.1, -0.05) is 0 Å². The van der Waals surface area contributed by atoms with Gasteiger partial charge in [-0.3, -0.25) is 4.68 Å². The zero-order valence-electron chi connectivity index (χ0n) is 11.1. The van der Waals surface area contributed by atoms with Gasteiger partial charge in [-0.25, -0.2) is 0 Å². The molecular weight excluding hydrogens is 228 g/mol. The summed E-state index contributed by atoms with van der Waals surface area (Å²) in [4.78, 5) is 0. The number of ether oxygens (including phenoxy) is 1. The molecule has 0 saturated carbocycles. The van der Waals surface area contributed by atoms with Crippen LogP contribution in [0.3, 0.4) is 0 Å². The van der Waals surface area contributed by atoms with Crippen LogP contribution in [0, 0.1) is 13.8 Å². The second kappa shape index (κ2) is 4.60. The van der Waals surface area contributed by atoms with Crippen LogP contribution < -0.4 is 15.8 Å². The van der Waals surface area contributed by atoms with Crippen molar-refractivity contribution in [2.45, 2.75) is 13.8 Å². The zero-order valence-corrected chi connectivity index (χ0v) is 11.1. The van der Waals surface area contributed by atoms with Gasteiger partial charge in [0.25, 0.3) is 0 Å². The second-order valence-electron chi connectivity index (χ2n) is 4.28. The van der Waals surface area contributed by atoms with E-state index < -0.39 is 0 Å². The molecule has 0 unspecified atom stereocenters. The monoisotopic (exact) mass is 246 g/mol. The van der Waals surface area contributed by atoms with E-state index >= 15 is 0 Å². The fourth-order valence-electron chi connectivity index (χ4n) is 1.85. The van der Waals surface area contributed by atoms with E-state index in [1.54, 1.807) is 11.8 Å². The van der Waals surface area contributed by atoms with Crippen LogP contribution in [0.2, 0.25) is 0 Å². The lowest BCUT2D eigenvalue weighted by Gasteiger charge is -2.11. The maximum atomic E-state index is 5.99. The Kier molecular flexibility index (Phi) is 3.14. The summed E-state index contributed by atoms with van der Waals surface area (Å²) < 4.78 is 6.93. The number of hydrogen-bond donors (Lipinski definition) is 2. The predicted molar refractivity (Wildman–Crippen MR) is 73.4 cm³/mol. The van der Waals surface area contributed by atoms with Crippen LogP contribution in [0.5, 0.6) is 5.75 Å². The number of nitrogen functional groups attached to an aromatic ring is 1. The highest BCUT2D eigenvalue weighted by atomic mass is 16.5. The highest BCUT2D eigenvalue weighted by molar-refractivity contribution is 5.72. The molecule has 2 rings (SSSR count). The van der Waals surface area contributed by atoms with Crippen molar-refractivity contribution in [2.24, 2.45) is 7.05 Å². The number of rotatable bonds is 3. The van der Waals surface area contributed by atoms with E-state index in [9.17, 15) is 0 Å². The van der Waals surface area contributed by atoms with Crippen molar-refractivity contribution in [3.63, 3.8) is 0 Å². The van der Waals surface area contributed by atoms with Crippen molar-refractivity contribution >= 4 is 17.2 Å². The summed E-state index contributed by atoms with van der Waals surface area (Å²) >= 11 is 0. The van der Waals surface area contributed by atoms with Crippen molar-refractivity contribution in [2.75, 3.05) is 18.2 Å². The number of aromatic nitrogens is 2. The molecule has 3 N–H and O–H groups in total. The molecule has 96 valence electrons. The highest BCUT2D eigenvalue weighted by Crippen LogP contribution is 2.28. The van der Waals surface area contributed by atoms with Gasteiger partial charge >= 0.3 is 0 Å². The Morgan fingerprint density at radius 1 is 1.33 bits per heavy atom. The largest absolute Gasteiger partial charge is 0.497 e. The molecule has 1 heterocycles. The van der Waals surface area contributed by atoms with Gasteiger partial charge in [0.05, 0.1) is 18.5 Å². The first-order valence-electron chi connectivity index (χ1n) is 5.73. The summed E-state index contributed by atoms with van der Waals surface area (Å²) in [6.45, 7) is 3.91. The molecule has 1 aromatic heterocycles. The Hall–Kier alpha value is -2.17. The third-order valence-electron chi connectivity index (χ3n) is 2.96. The number of nitrogens with zero attached hydrogens (tertiary/aromatic N) is 2. The van der Waals surface area contributed by atoms with E-state index in [0.717, 1.165) is 28.5 Å². The number of methoxy groups -OCH3 is 1. The minimum absolute atomic E-state index is 0.674. The topological polar surface area (TPSA) is 65.1 Å². The van der Waals surface area contributed by atoms with E-state index in [-0.39, 0.29) is 0 Å². The lowest BCUT2D eigenvalue weighted by atomic mass is 10.2. The summed E-state index contributed by atoms with van der Waals surface area (Å²) in [7, 11) is 3.52. The first kappa shape index (κ1) is 12.3. The number of benzene rings is 1. The van der Waals surface area contributed by atoms with E-state index in [1.165, 1.54) is 0 Å². The SMILES string of the molecule is COc1ccc(Nc2c(N)c(C)nn2C)c(C)c1. The summed E-state index contributed by atoms with van der Waals surface area (Å²) in [6, 6.07) is 5.85. The average molecular weight is 246 g/mol. The van der Waals surface area contributed by atoms with Gasteiger partial charge in [0, 0.05) is 12.7 Å². The summed E-state index contributed by atoms with van der Waals surface area (Å²) in [5, 5.41) is 7.58. The molecule has 0 saturated heterocycles. The van der Waals surface area contributed by atoms with Gasteiger partial charge in [-0.05, 0) is 37.6 Å². The number of anilines is 3. The lowest BCUT2D eigenvalue weighted by molar-refractivity contribution is 0.414. The number of nitrogens with one attached hydrogen (secondary N) is 1. The average Bonchev–Trinajstić information content (AvgIpc) is 2.58. The van der Waals surface area contributed by atoms with Gasteiger partial charge in [0.15, 0.2) is 5.82 Å². The van der Waals surface area contributed by atoms with Crippen LogP contribution in [0.25, 0.3) is 0 Å². The first-order valence-corrected chi connectivity index (χ1v) is 5.73. The van der Waals surface area contributed by atoms with Crippen molar-refractivity contribution in [3.05, 3.63) is 29.5 Å². The predicted octanol–water partition coefficient (Wildman–Crippen LogP) is 2.37. The molecule has 0 atom stereocenters. The molecule has 5 nitrogen and oxygen atoms in total. The molecule has 2 aromatic rings. The smallest absolute Gasteiger partial charge is 0.152 e. The molecule has 0 radical (unpaired) electrons. The summed E-state index contributed by atoms with van der Waals surface area (Å²) in [5.41, 5.74) is 9.57. The van der Waals surface area contributed by atoms with Crippen LogP contribution in [0.15, 0.2) is 18.2 Å². The first-order chi connectivity index (χ1) is 8.52. The van der Waals surface area contributed by atoms with Gasteiger partial charge in [0.1, 0.15) is 5.75 Å². The molecule has 0 bridgehead atoms. The molecule has 0 aliphatic heterocycles. The van der Waals surface area contributed by atoms with Crippen molar-refractivity contribution in [1.29, 1.82) is 0 Å². The molecule has 0 aliphatic rings. The van der Waals surface area contributed by atoms with E-state index in [4.69, 9.17) is 10.5 Å². The molecular formula is C13H18N4O. The molecule has 0 fully saturated rings. The maximum Gasteiger partial charge on any atom is 0.152 e. The quantitative estimate of drug-likeness (QED) is 0.872. The lowest BCUT2D eigenvalue weighted by Crippen LogP contribution is -2.02. The van der Waals surface area contributed by atoms with Gasteiger partial charge in [-0.2, -0.15) is 5.10 Å². The fourth-order valence-corrected chi connectivity index (χ4v) is 1.85. The highest BCUT2D eigenvalue weighted by Gasteiger charge is 2.11. The van der Waals surface area contributed by atoms with Gasteiger partial charge < -0.3 is 15.8 Å². The van der Waals surface area contributed by atoms with Crippen LogP contribution in [0.4, 0.5) is 17.2 Å². The van der Waals surface area contributed by atoms with E-state index in [2.05, 4.69) is 10.4 Å². The third kappa shape index (κ3) is 2.11. The number of nitrogens with two attached hydrogens (primary N) is 1. The van der Waals surface area contributed by atoms with Crippen LogP contribution in [0.1, 0.15) is 11.3 Å². The standard InChI is InChI=1S/C13H18N4O/c1-8-7-10(18-4)5-6-11(8)15-13-12(14)9(2)16-17(13)3/h5-7,15H,14H2,1-4H3. The number of hydrogen-bond acceptors (Lipinski definition) is 4. The molecule has 0 aliphatic carbocycles. The Morgan fingerprint density at radius 2 is 2.06 bits per heavy atom. The minimum atomic E-state index is 0.674. The van der Waals surface area contributed by atoms with Gasteiger partial charge in [-0.15, -0.1) is 0 Å². The van der Waals surface area contributed by atoms with Crippen LogP contribution in [-0.2, 0) is 7.05 Å². The Labute approximate surface area is 107 Å². The van der Waals surface area contributed by atoms with Crippen molar-refractivity contribution < 1.29 is 4.74 Å². The normalized spacial score (nSPS) is 10.4. The second-order valence-corrected chi connectivity index (χ2v) is 4.28. The van der Waals surface area contributed by atoms with Crippen molar-refractivity contribution in [3.8, 4) is 5.75 Å². The number of aryl methyl sites for hydroxylation is 3. The minimum Gasteiger partial charge on any atom is -0.497 e. The fraction of sp³-hybridized carbons (Fsp3) is 0.308. The summed E-state index contributed by atoms with van der Waals surface area (Å²) in [5.74, 6) is 1.65. The molecule has 0 spiro atoms. The molecule has 18 heavy (non-hydrogen) atoms. The summed E-state index contributed by atoms with van der Waals surface area (Å²) in [6.07, 6.45) is 0. The van der Waals surface area contributed by atoms with Crippen molar-refractivity contribution in [1.82, 2.24) is 9.78 Å². The van der Waals surface area contributed by atoms with Crippen LogP contribution >= 0.6 is 0 Å². The van der Waals surface area contributed by atoms with Crippen LogP contribution in [-0.4, -0.2) is 16.9 Å². The zero-order chi connectivity index (χ0) is 13.3. The molecule has 0 amide bonds. The maximum absolute atomic E-state index is 5.99.